The van der Waals surface area contributed by atoms with E-state index in [1.54, 1.807) is 0 Å². The number of carbonyl (C=O) groups is 1. The predicted octanol–water partition coefficient (Wildman–Crippen LogP) is 2.36. The first kappa shape index (κ1) is 17.0. The van der Waals surface area contributed by atoms with Crippen LogP contribution in [0, 0.1) is 5.41 Å². The molecule has 3 aliphatic rings. The van der Waals surface area contributed by atoms with E-state index in [-0.39, 0.29) is 12.4 Å². The van der Waals surface area contributed by atoms with Crippen LogP contribution in [0.15, 0.2) is 0 Å². The average molecular weight is 317 g/mol. The maximum atomic E-state index is 12.3. The Morgan fingerprint density at radius 2 is 2.05 bits per heavy atom. The molecule has 0 aliphatic carbocycles. The van der Waals surface area contributed by atoms with Crippen molar-refractivity contribution >= 4 is 18.3 Å². The number of hydrogen-bond acceptors (Lipinski definition) is 3. The molecule has 2 unspecified atom stereocenters. The largest absolute Gasteiger partial charge is 0.375 e. The van der Waals surface area contributed by atoms with Crippen LogP contribution < -0.4 is 5.32 Å². The summed E-state index contributed by atoms with van der Waals surface area (Å²) in [4.78, 5) is 14.4. The molecule has 3 fully saturated rings. The second-order valence-corrected chi connectivity index (χ2v) is 6.99. The molecule has 3 rings (SSSR count). The van der Waals surface area contributed by atoms with E-state index in [0.717, 1.165) is 45.4 Å². The lowest BCUT2D eigenvalue weighted by Gasteiger charge is -2.39. The van der Waals surface area contributed by atoms with E-state index in [1.807, 2.05) is 0 Å². The zero-order valence-corrected chi connectivity index (χ0v) is 13.9. The van der Waals surface area contributed by atoms with Crippen LogP contribution in [-0.2, 0) is 9.53 Å². The molecule has 5 heteroatoms. The third kappa shape index (κ3) is 4.11. The Kier molecular flexibility index (Phi) is 5.92. The highest BCUT2D eigenvalue weighted by Gasteiger charge is 2.38. The lowest BCUT2D eigenvalue weighted by Crippen LogP contribution is -2.44. The highest BCUT2D eigenvalue weighted by Crippen LogP contribution is 2.37. The van der Waals surface area contributed by atoms with Gasteiger partial charge in [-0.3, -0.25) is 4.79 Å². The minimum atomic E-state index is 0. The topological polar surface area (TPSA) is 41.6 Å². The fourth-order valence-corrected chi connectivity index (χ4v) is 3.99. The summed E-state index contributed by atoms with van der Waals surface area (Å²) < 4.78 is 5.80. The molecule has 0 bridgehead atoms. The van der Waals surface area contributed by atoms with Crippen molar-refractivity contribution in [3.05, 3.63) is 0 Å². The Labute approximate surface area is 134 Å². The molecule has 3 saturated heterocycles. The SMILES string of the molecule is CC1CCC(CCC(=O)N2CCC3(CCNC3)CC2)O1.Cl. The lowest BCUT2D eigenvalue weighted by molar-refractivity contribution is -0.134. The fourth-order valence-electron chi connectivity index (χ4n) is 3.99. The quantitative estimate of drug-likeness (QED) is 0.869. The molecule has 122 valence electrons. The second kappa shape index (κ2) is 7.30. The number of amides is 1. The molecule has 2 atom stereocenters. The minimum Gasteiger partial charge on any atom is -0.375 e. The van der Waals surface area contributed by atoms with Crippen LogP contribution >= 0.6 is 12.4 Å². The number of nitrogens with zero attached hydrogens (tertiary/aromatic N) is 1. The molecule has 0 aromatic carbocycles. The number of nitrogens with one attached hydrogen (secondary N) is 1. The van der Waals surface area contributed by atoms with Crippen LogP contribution in [0.1, 0.15) is 51.9 Å². The number of hydrogen-bond donors (Lipinski definition) is 1. The number of halogens is 1. The average Bonchev–Trinajstić information content (AvgIpc) is 3.07. The standard InChI is InChI=1S/C16H28N2O2.ClH/c1-13-2-3-14(20-13)4-5-15(19)18-10-7-16(8-11-18)6-9-17-12-16;/h13-14,17H,2-12H2,1H3;1H. The van der Waals surface area contributed by atoms with Crippen molar-refractivity contribution in [3.63, 3.8) is 0 Å². The summed E-state index contributed by atoms with van der Waals surface area (Å²) in [6.45, 7) is 6.36. The number of likely N-dealkylation sites (tertiary alicyclic amines) is 1. The summed E-state index contributed by atoms with van der Waals surface area (Å²) in [6.07, 6.45) is 8.23. The smallest absolute Gasteiger partial charge is 0.222 e. The summed E-state index contributed by atoms with van der Waals surface area (Å²) in [6, 6.07) is 0. The van der Waals surface area contributed by atoms with E-state index in [1.165, 1.54) is 19.3 Å². The van der Waals surface area contributed by atoms with Gasteiger partial charge in [-0.2, -0.15) is 0 Å². The van der Waals surface area contributed by atoms with Crippen molar-refractivity contribution in [1.29, 1.82) is 0 Å². The highest BCUT2D eigenvalue weighted by molar-refractivity contribution is 5.85. The zero-order chi connectivity index (χ0) is 14.0. The molecule has 0 aromatic rings. The van der Waals surface area contributed by atoms with Gasteiger partial charge in [-0.1, -0.05) is 0 Å². The van der Waals surface area contributed by atoms with Crippen LogP contribution in [0.4, 0.5) is 0 Å². The molecular weight excluding hydrogens is 288 g/mol. The fraction of sp³-hybridized carbons (Fsp3) is 0.938. The molecule has 3 heterocycles. The summed E-state index contributed by atoms with van der Waals surface area (Å²) in [5.41, 5.74) is 0.501. The third-order valence-electron chi connectivity index (χ3n) is 5.51. The summed E-state index contributed by atoms with van der Waals surface area (Å²) in [7, 11) is 0. The summed E-state index contributed by atoms with van der Waals surface area (Å²) >= 11 is 0. The molecule has 1 spiro atoms. The van der Waals surface area contributed by atoms with E-state index in [2.05, 4.69) is 17.1 Å². The normalized spacial score (nSPS) is 31.4. The van der Waals surface area contributed by atoms with Gasteiger partial charge in [0, 0.05) is 26.1 Å². The van der Waals surface area contributed by atoms with Gasteiger partial charge in [0.15, 0.2) is 0 Å². The number of carbonyl (C=O) groups excluding carboxylic acids is 1. The van der Waals surface area contributed by atoms with Crippen molar-refractivity contribution in [1.82, 2.24) is 10.2 Å². The molecule has 0 saturated carbocycles. The Balaban J connectivity index is 0.00000161. The number of rotatable bonds is 3. The van der Waals surface area contributed by atoms with E-state index >= 15 is 0 Å². The first-order valence-corrected chi connectivity index (χ1v) is 8.31. The summed E-state index contributed by atoms with van der Waals surface area (Å²) in [5.74, 6) is 0.342. The maximum absolute atomic E-state index is 12.3. The van der Waals surface area contributed by atoms with Crippen molar-refractivity contribution in [2.45, 2.75) is 64.1 Å². The second-order valence-electron chi connectivity index (χ2n) is 6.99. The molecule has 4 nitrogen and oxygen atoms in total. The van der Waals surface area contributed by atoms with Gasteiger partial charge in [0.2, 0.25) is 5.91 Å². The van der Waals surface area contributed by atoms with Gasteiger partial charge >= 0.3 is 0 Å². The first-order chi connectivity index (χ1) is 9.67. The molecule has 0 aromatic heterocycles. The van der Waals surface area contributed by atoms with E-state index in [0.29, 0.717) is 30.0 Å². The van der Waals surface area contributed by atoms with Gasteiger partial charge < -0.3 is 15.0 Å². The van der Waals surface area contributed by atoms with E-state index in [4.69, 9.17) is 4.74 Å². The van der Waals surface area contributed by atoms with Gasteiger partial charge in [0.25, 0.3) is 0 Å². The van der Waals surface area contributed by atoms with Crippen LogP contribution in [0.25, 0.3) is 0 Å². The van der Waals surface area contributed by atoms with Gasteiger partial charge in [-0.05, 0) is 57.4 Å². The van der Waals surface area contributed by atoms with Crippen molar-refractivity contribution in [3.8, 4) is 0 Å². The Hall–Kier alpha value is -0.320. The van der Waals surface area contributed by atoms with Crippen LogP contribution in [0.3, 0.4) is 0 Å². The summed E-state index contributed by atoms with van der Waals surface area (Å²) in [5, 5.41) is 3.47. The van der Waals surface area contributed by atoms with Crippen LogP contribution in [0.5, 0.6) is 0 Å². The zero-order valence-electron chi connectivity index (χ0n) is 13.1. The maximum Gasteiger partial charge on any atom is 0.222 e. The van der Waals surface area contributed by atoms with Gasteiger partial charge in [0.05, 0.1) is 12.2 Å². The predicted molar refractivity (Wildman–Crippen MR) is 85.8 cm³/mol. The molecule has 21 heavy (non-hydrogen) atoms. The van der Waals surface area contributed by atoms with Crippen LogP contribution in [0.2, 0.25) is 0 Å². The number of ether oxygens (including phenoxy) is 1. The van der Waals surface area contributed by atoms with Gasteiger partial charge in [-0.15, -0.1) is 12.4 Å². The van der Waals surface area contributed by atoms with Crippen molar-refractivity contribution in [2.24, 2.45) is 5.41 Å². The van der Waals surface area contributed by atoms with Crippen molar-refractivity contribution < 1.29 is 9.53 Å². The number of piperidine rings is 1. The molecule has 1 N–H and O–H groups in total. The minimum absolute atomic E-state index is 0. The Morgan fingerprint density at radius 3 is 2.62 bits per heavy atom. The van der Waals surface area contributed by atoms with E-state index < -0.39 is 0 Å². The monoisotopic (exact) mass is 316 g/mol. The van der Waals surface area contributed by atoms with Crippen molar-refractivity contribution in [2.75, 3.05) is 26.2 Å². The molecular formula is C16H29ClN2O2. The molecule has 0 radical (unpaired) electrons. The van der Waals surface area contributed by atoms with E-state index in [9.17, 15) is 4.79 Å². The third-order valence-corrected chi connectivity index (χ3v) is 5.51. The first-order valence-electron chi connectivity index (χ1n) is 8.31. The van der Waals surface area contributed by atoms with Gasteiger partial charge in [0.1, 0.15) is 0 Å². The highest BCUT2D eigenvalue weighted by atomic mass is 35.5. The Bertz CT molecular complexity index is 348. The molecule has 3 aliphatic heterocycles. The Morgan fingerprint density at radius 1 is 1.29 bits per heavy atom. The van der Waals surface area contributed by atoms with Gasteiger partial charge in [-0.25, -0.2) is 0 Å². The lowest BCUT2D eigenvalue weighted by atomic mass is 9.78. The molecule has 1 amide bonds. The van der Waals surface area contributed by atoms with Crippen LogP contribution in [-0.4, -0.2) is 49.2 Å².